The van der Waals surface area contributed by atoms with Gasteiger partial charge in [-0.3, -0.25) is 4.57 Å². The Morgan fingerprint density at radius 3 is 2.64 bits per heavy atom. The highest BCUT2D eigenvalue weighted by Crippen LogP contribution is 2.36. The number of hydrogen-bond donors (Lipinski definition) is 0. The lowest BCUT2D eigenvalue weighted by atomic mass is 10.2. The molecule has 112 valence electrons. The van der Waals surface area contributed by atoms with E-state index in [1.54, 1.807) is 16.9 Å². The van der Waals surface area contributed by atoms with Gasteiger partial charge in [0.25, 0.3) is 0 Å². The van der Waals surface area contributed by atoms with E-state index in [0.717, 1.165) is 18.4 Å². The van der Waals surface area contributed by atoms with Crippen LogP contribution in [-0.2, 0) is 6.54 Å². The molecule has 1 fully saturated rings. The Hall–Kier alpha value is -2.27. The molecule has 1 saturated carbocycles. The molecule has 0 saturated heterocycles. The van der Waals surface area contributed by atoms with Crippen LogP contribution >= 0.6 is 11.6 Å². The van der Waals surface area contributed by atoms with Gasteiger partial charge in [-0.2, -0.15) is 0 Å². The smallest absolute Gasteiger partial charge is 0.346 e. The molecule has 0 spiro atoms. The summed E-state index contributed by atoms with van der Waals surface area (Å²) in [5.41, 5.74) is 0.891. The first-order chi connectivity index (χ1) is 10.7. The highest BCUT2D eigenvalue weighted by molar-refractivity contribution is 6.30. The van der Waals surface area contributed by atoms with Crippen molar-refractivity contribution in [2.24, 2.45) is 0 Å². The lowest BCUT2D eigenvalue weighted by Gasteiger charge is -2.00. The Morgan fingerprint density at radius 1 is 1.23 bits per heavy atom. The van der Waals surface area contributed by atoms with E-state index in [2.05, 4.69) is 5.10 Å². The first-order valence-corrected chi connectivity index (χ1v) is 7.58. The number of aromatic nitrogens is 3. The summed E-state index contributed by atoms with van der Waals surface area (Å²) < 4.78 is 8.65. The van der Waals surface area contributed by atoms with Crippen LogP contribution in [0.2, 0.25) is 5.02 Å². The Kier molecular flexibility index (Phi) is 3.15. The van der Waals surface area contributed by atoms with Gasteiger partial charge in [-0.1, -0.05) is 23.7 Å². The zero-order valence-electron chi connectivity index (χ0n) is 11.8. The van der Waals surface area contributed by atoms with Crippen molar-refractivity contribution in [3.8, 4) is 11.6 Å². The van der Waals surface area contributed by atoms with Gasteiger partial charge in [0.05, 0.1) is 12.8 Å². The lowest BCUT2D eigenvalue weighted by molar-refractivity contribution is 0.568. The third kappa shape index (κ3) is 2.37. The zero-order valence-corrected chi connectivity index (χ0v) is 12.5. The van der Waals surface area contributed by atoms with E-state index in [0.29, 0.717) is 23.2 Å². The van der Waals surface area contributed by atoms with Crippen molar-refractivity contribution in [1.82, 2.24) is 14.3 Å². The largest absolute Gasteiger partial charge is 0.461 e. The summed E-state index contributed by atoms with van der Waals surface area (Å²) in [6.07, 6.45) is 3.62. The summed E-state index contributed by atoms with van der Waals surface area (Å²) in [5.74, 6) is 1.23. The Morgan fingerprint density at radius 2 is 2.00 bits per heavy atom. The molecule has 2 aromatic heterocycles. The molecule has 0 N–H and O–H groups in total. The van der Waals surface area contributed by atoms with Gasteiger partial charge in [-0.15, -0.1) is 5.10 Å². The third-order valence-corrected chi connectivity index (χ3v) is 4.02. The van der Waals surface area contributed by atoms with Crippen LogP contribution in [-0.4, -0.2) is 14.3 Å². The van der Waals surface area contributed by atoms with Crippen molar-refractivity contribution in [3.63, 3.8) is 0 Å². The summed E-state index contributed by atoms with van der Waals surface area (Å²) in [6, 6.07) is 11.3. The van der Waals surface area contributed by atoms with Crippen molar-refractivity contribution in [2.45, 2.75) is 25.4 Å². The molecular formula is C16H14ClN3O2. The molecule has 22 heavy (non-hydrogen) atoms. The summed E-state index contributed by atoms with van der Waals surface area (Å²) >= 11 is 5.89. The lowest BCUT2D eigenvalue weighted by Crippen LogP contribution is -2.25. The maximum Gasteiger partial charge on any atom is 0.346 e. The van der Waals surface area contributed by atoms with Crippen LogP contribution in [0, 0.1) is 0 Å². The van der Waals surface area contributed by atoms with E-state index < -0.39 is 0 Å². The predicted molar refractivity (Wildman–Crippen MR) is 83.0 cm³/mol. The van der Waals surface area contributed by atoms with E-state index >= 15 is 0 Å². The minimum atomic E-state index is -0.0937. The second-order valence-electron chi connectivity index (χ2n) is 5.47. The highest BCUT2D eigenvalue weighted by Gasteiger charge is 2.31. The number of rotatable bonds is 4. The fraction of sp³-hybridized carbons (Fsp3) is 0.250. The molecular weight excluding hydrogens is 302 g/mol. The van der Waals surface area contributed by atoms with Crippen molar-refractivity contribution >= 4 is 11.6 Å². The van der Waals surface area contributed by atoms with Crippen LogP contribution in [0.15, 0.2) is 51.9 Å². The van der Waals surface area contributed by atoms with Crippen molar-refractivity contribution < 1.29 is 4.42 Å². The number of nitrogens with zero attached hydrogens (tertiary/aromatic N) is 3. The molecule has 0 atom stereocenters. The van der Waals surface area contributed by atoms with E-state index in [1.165, 1.54) is 4.68 Å². The van der Waals surface area contributed by atoms with Gasteiger partial charge in [0.2, 0.25) is 5.82 Å². The molecule has 0 bridgehead atoms. The molecule has 3 aromatic rings. The summed E-state index contributed by atoms with van der Waals surface area (Å²) in [5, 5.41) is 5.15. The van der Waals surface area contributed by atoms with E-state index in [1.807, 2.05) is 30.3 Å². The predicted octanol–water partition coefficient (Wildman–Crippen LogP) is 3.34. The summed E-state index contributed by atoms with van der Waals surface area (Å²) in [6.45, 7) is 0.420. The minimum absolute atomic E-state index is 0.0937. The number of hydrogen-bond acceptors (Lipinski definition) is 3. The van der Waals surface area contributed by atoms with Gasteiger partial charge >= 0.3 is 5.69 Å². The molecule has 4 rings (SSSR count). The maximum atomic E-state index is 12.6. The van der Waals surface area contributed by atoms with E-state index in [9.17, 15) is 4.79 Å². The molecule has 0 aliphatic heterocycles. The second kappa shape index (κ2) is 5.18. The van der Waals surface area contributed by atoms with Gasteiger partial charge in [-0.05, 0) is 42.7 Å². The number of benzene rings is 1. The molecule has 1 aromatic carbocycles. The van der Waals surface area contributed by atoms with Crippen LogP contribution in [0.3, 0.4) is 0 Å². The standard InChI is InChI=1S/C16H14ClN3O2/c17-12-5-3-11(4-6-12)10-19-16(21)20(13-7-8-13)15(18-19)14-2-1-9-22-14/h1-6,9,13H,7-8,10H2. The molecule has 2 heterocycles. The minimum Gasteiger partial charge on any atom is -0.461 e. The molecule has 6 heteroatoms. The van der Waals surface area contributed by atoms with E-state index in [-0.39, 0.29) is 11.7 Å². The van der Waals surface area contributed by atoms with Crippen molar-refractivity contribution in [1.29, 1.82) is 0 Å². The monoisotopic (exact) mass is 315 g/mol. The zero-order chi connectivity index (χ0) is 15.1. The molecule has 0 amide bonds. The molecule has 0 radical (unpaired) electrons. The fourth-order valence-electron chi connectivity index (χ4n) is 2.52. The van der Waals surface area contributed by atoms with Crippen molar-refractivity contribution in [3.05, 3.63) is 63.7 Å². The first-order valence-electron chi connectivity index (χ1n) is 7.20. The first kappa shape index (κ1) is 13.4. The number of halogens is 1. The average molecular weight is 316 g/mol. The summed E-state index contributed by atoms with van der Waals surface area (Å²) in [7, 11) is 0. The fourth-order valence-corrected chi connectivity index (χ4v) is 2.65. The average Bonchev–Trinajstić information content (AvgIpc) is 3.09. The van der Waals surface area contributed by atoms with Crippen LogP contribution < -0.4 is 5.69 Å². The van der Waals surface area contributed by atoms with Crippen LogP contribution in [0.5, 0.6) is 0 Å². The molecule has 5 nitrogen and oxygen atoms in total. The van der Waals surface area contributed by atoms with Crippen LogP contribution in [0.25, 0.3) is 11.6 Å². The Bertz CT molecular complexity index is 843. The van der Waals surface area contributed by atoms with Crippen LogP contribution in [0.1, 0.15) is 24.4 Å². The maximum absolute atomic E-state index is 12.6. The Balaban J connectivity index is 1.75. The second-order valence-corrected chi connectivity index (χ2v) is 5.91. The molecule has 1 aliphatic rings. The molecule has 0 unspecified atom stereocenters. The topological polar surface area (TPSA) is 53.0 Å². The van der Waals surface area contributed by atoms with Gasteiger partial charge in [0.15, 0.2) is 5.76 Å². The summed E-state index contributed by atoms with van der Waals surface area (Å²) in [4.78, 5) is 12.6. The van der Waals surface area contributed by atoms with Crippen molar-refractivity contribution in [2.75, 3.05) is 0 Å². The van der Waals surface area contributed by atoms with E-state index in [4.69, 9.17) is 16.0 Å². The SMILES string of the molecule is O=c1n(Cc2ccc(Cl)cc2)nc(-c2ccco2)n1C1CC1. The molecule has 1 aliphatic carbocycles. The number of furan rings is 1. The normalized spacial score (nSPS) is 14.4. The van der Waals surface area contributed by atoms with Gasteiger partial charge < -0.3 is 4.42 Å². The van der Waals surface area contributed by atoms with Gasteiger partial charge in [-0.25, -0.2) is 9.48 Å². The quantitative estimate of drug-likeness (QED) is 0.742. The van der Waals surface area contributed by atoms with Gasteiger partial charge in [0.1, 0.15) is 0 Å². The highest BCUT2D eigenvalue weighted by atomic mass is 35.5. The Labute approximate surface area is 131 Å². The van der Waals surface area contributed by atoms with Gasteiger partial charge in [0, 0.05) is 11.1 Å². The van der Waals surface area contributed by atoms with Crippen LogP contribution in [0.4, 0.5) is 0 Å². The third-order valence-electron chi connectivity index (χ3n) is 3.77.